The van der Waals surface area contributed by atoms with Crippen LogP contribution in [0.4, 0.5) is 5.69 Å². The first-order valence-corrected chi connectivity index (χ1v) is 10.4. The SMILES string of the molecule is CCc1ccc(NC(=O)c2nnc(COC(=O)c3ccc(Cn4cccn4)o3)s2)cc1. The monoisotopic (exact) mass is 437 g/mol. The van der Waals surface area contributed by atoms with Gasteiger partial charge < -0.3 is 14.5 Å². The third-order valence-corrected chi connectivity index (χ3v) is 5.24. The molecule has 0 bridgehead atoms. The second kappa shape index (κ2) is 9.35. The summed E-state index contributed by atoms with van der Waals surface area (Å²) in [6.07, 6.45) is 4.39. The summed E-state index contributed by atoms with van der Waals surface area (Å²) in [6.45, 7) is 2.37. The Morgan fingerprint density at radius 3 is 2.74 bits per heavy atom. The number of rotatable bonds is 8. The normalized spacial score (nSPS) is 10.7. The number of anilines is 1. The first kappa shape index (κ1) is 20.5. The molecule has 10 heteroatoms. The van der Waals surface area contributed by atoms with Crippen LogP contribution in [0, 0.1) is 0 Å². The van der Waals surface area contributed by atoms with Gasteiger partial charge in [0.05, 0.1) is 6.54 Å². The van der Waals surface area contributed by atoms with E-state index < -0.39 is 5.97 Å². The van der Waals surface area contributed by atoms with Crippen LogP contribution in [0.25, 0.3) is 0 Å². The standard InChI is InChI=1S/C21H19N5O4S/c1-2-14-4-6-15(7-5-14)23-19(27)20-25-24-18(31-20)13-29-21(28)17-9-8-16(30-17)12-26-11-3-10-22-26/h3-11H,2,12-13H2,1H3,(H,23,27). The molecule has 0 radical (unpaired) electrons. The van der Waals surface area contributed by atoms with E-state index in [1.165, 1.54) is 5.56 Å². The van der Waals surface area contributed by atoms with Crippen molar-refractivity contribution in [1.29, 1.82) is 0 Å². The number of aromatic nitrogens is 4. The van der Waals surface area contributed by atoms with Gasteiger partial charge in [-0.3, -0.25) is 9.48 Å². The lowest BCUT2D eigenvalue weighted by Gasteiger charge is -2.03. The van der Waals surface area contributed by atoms with E-state index >= 15 is 0 Å². The van der Waals surface area contributed by atoms with E-state index in [1.807, 2.05) is 24.3 Å². The molecule has 4 aromatic rings. The minimum atomic E-state index is -0.621. The number of carbonyl (C=O) groups is 2. The van der Waals surface area contributed by atoms with Gasteiger partial charge in [-0.05, 0) is 42.3 Å². The van der Waals surface area contributed by atoms with Crippen LogP contribution in [-0.4, -0.2) is 31.9 Å². The van der Waals surface area contributed by atoms with Gasteiger partial charge in [0.1, 0.15) is 12.4 Å². The van der Waals surface area contributed by atoms with Gasteiger partial charge in [0.2, 0.25) is 10.8 Å². The van der Waals surface area contributed by atoms with E-state index in [2.05, 4.69) is 27.5 Å². The smallest absolute Gasteiger partial charge is 0.374 e. The molecule has 0 aliphatic rings. The fraction of sp³-hybridized carbons (Fsp3) is 0.190. The highest BCUT2D eigenvalue weighted by Gasteiger charge is 2.17. The number of hydrogen-bond donors (Lipinski definition) is 1. The van der Waals surface area contributed by atoms with Crippen LogP contribution in [0.1, 0.15) is 43.6 Å². The number of nitrogens with one attached hydrogen (secondary N) is 1. The first-order valence-electron chi connectivity index (χ1n) is 9.56. The highest BCUT2D eigenvalue weighted by Crippen LogP contribution is 2.16. The van der Waals surface area contributed by atoms with Gasteiger partial charge in [-0.25, -0.2) is 4.79 Å². The molecule has 1 aromatic carbocycles. The Hall–Kier alpha value is -3.79. The number of ether oxygens (including phenoxy) is 1. The second-order valence-electron chi connectivity index (χ2n) is 6.55. The van der Waals surface area contributed by atoms with Crippen molar-refractivity contribution in [3.63, 3.8) is 0 Å². The molecule has 3 aromatic heterocycles. The van der Waals surface area contributed by atoms with Crippen molar-refractivity contribution in [3.8, 4) is 0 Å². The Morgan fingerprint density at radius 2 is 2.00 bits per heavy atom. The van der Waals surface area contributed by atoms with Crippen LogP contribution in [0.5, 0.6) is 0 Å². The third kappa shape index (κ3) is 5.23. The zero-order valence-corrected chi connectivity index (χ0v) is 17.5. The van der Waals surface area contributed by atoms with Crippen LogP contribution in [0.2, 0.25) is 0 Å². The highest BCUT2D eigenvalue weighted by atomic mass is 32.1. The quantitative estimate of drug-likeness (QED) is 0.420. The molecule has 0 fully saturated rings. The van der Waals surface area contributed by atoms with Gasteiger partial charge in [0.15, 0.2) is 5.01 Å². The maximum absolute atomic E-state index is 12.3. The Morgan fingerprint density at radius 1 is 1.16 bits per heavy atom. The number of carbonyl (C=O) groups excluding carboxylic acids is 2. The van der Waals surface area contributed by atoms with E-state index in [1.54, 1.807) is 35.3 Å². The van der Waals surface area contributed by atoms with E-state index in [-0.39, 0.29) is 23.3 Å². The van der Waals surface area contributed by atoms with E-state index in [0.717, 1.165) is 17.8 Å². The minimum Gasteiger partial charge on any atom is -0.452 e. The summed E-state index contributed by atoms with van der Waals surface area (Å²) in [7, 11) is 0. The van der Waals surface area contributed by atoms with Crippen LogP contribution < -0.4 is 5.32 Å². The van der Waals surface area contributed by atoms with E-state index in [4.69, 9.17) is 9.15 Å². The summed E-state index contributed by atoms with van der Waals surface area (Å²) in [5, 5.41) is 15.2. The average Bonchev–Trinajstić information content (AvgIpc) is 3.55. The van der Waals surface area contributed by atoms with Gasteiger partial charge >= 0.3 is 5.97 Å². The maximum Gasteiger partial charge on any atom is 0.374 e. The molecule has 158 valence electrons. The summed E-state index contributed by atoms with van der Waals surface area (Å²) < 4.78 is 12.4. The summed E-state index contributed by atoms with van der Waals surface area (Å²) in [6, 6.07) is 12.6. The predicted molar refractivity (Wildman–Crippen MR) is 113 cm³/mol. The molecule has 0 saturated heterocycles. The topological polar surface area (TPSA) is 112 Å². The Labute approximate surface area is 181 Å². The average molecular weight is 437 g/mol. The lowest BCUT2D eigenvalue weighted by atomic mass is 10.1. The molecule has 0 aliphatic heterocycles. The Balaban J connectivity index is 1.30. The molecule has 0 spiro atoms. The van der Waals surface area contributed by atoms with Crippen molar-refractivity contribution in [3.05, 3.63) is 82.0 Å². The van der Waals surface area contributed by atoms with Crippen molar-refractivity contribution < 1.29 is 18.7 Å². The molecular formula is C21H19N5O4S. The van der Waals surface area contributed by atoms with Crippen molar-refractivity contribution in [1.82, 2.24) is 20.0 Å². The maximum atomic E-state index is 12.3. The van der Waals surface area contributed by atoms with Crippen molar-refractivity contribution in [2.45, 2.75) is 26.5 Å². The third-order valence-electron chi connectivity index (χ3n) is 4.35. The van der Waals surface area contributed by atoms with Crippen LogP contribution in [-0.2, 0) is 24.3 Å². The van der Waals surface area contributed by atoms with Crippen molar-refractivity contribution in [2.75, 3.05) is 5.32 Å². The molecule has 1 amide bonds. The van der Waals surface area contributed by atoms with E-state index in [9.17, 15) is 9.59 Å². The second-order valence-corrected chi connectivity index (χ2v) is 7.61. The summed E-state index contributed by atoms with van der Waals surface area (Å²) >= 11 is 1.06. The zero-order chi connectivity index (χ0) is 21.6. The van der Waals surface area contributed by atoms with Crippen LogP contribution in [0.3, 0.4) is 0 Å². The fourth-order valence-corrected chi connectivity index (χ4v) is 3.38. The number of amides is 1. The first-order chi connectivity index (χ1) is 15.1. The van der Waals surface area contributed by atoms with E-state index in [0.29, 0.717) is 23.0 Å². The number of nitrogens with zero attached hydrogens (tertiary/aromatic N) is 4. The van der Waals surface area contributed by atoms with Crippen LogP contribution in [0.15, 0.2) is 59.3 Å². The molecule has 0 atom stereocenters. The lowest BCUT2D eigenvalue weighted by molar-refractivity contribution is 0.0432. The van der Waals surface area contributed by atoms with Gasteiger partial charge in [0.25, 0.3) is 5.91 Å². The molecule has 1 N–H and O–H groups in total. The minimum absolute atomic E-state index is 0.0835. The molecular weight excluding hydrogens is 418 g/mol. The number of furan rings is 1. The summed E-state index contributed by atoms with van der Waals surface area (Å²) in [5.74, 6) is -0.324. The summed E-state index contributed by atoms with van der Waals surface area (Å²) in [4.78, 5) is 24.5. The van der Waals surface area contributed by atoms with Gasteiger partial charge in [-0.1, -0.05) is 30.4 Å². The number of benzene rings is 1. The Bertz CT molecular complexity index is 1160. The fourth-order valence-electron chi connectivity index (χ4n) is 2.74. The molecule has 0 saturated carbocycles. The van der Waals surface area contributed by atoms with Crippen molar-refractivity contribution >= 4 is 28.9 Å². The molecule has 0 aliphatic carbocycles. The van der Waals surface area contributed by atoms with Gasteiger partial charge in [0, 0.05) is 18.1 Å². The Kier molecular flexibility index (Phi) is 6.18. The highest BCUT2D eigenvalue weighted by molar-refractivity contribution is 7.13. The van der Waals surface area contributed by atoms with Crippen LogP contribution >= 0.6 is 11.3 Å². The lowest BCUT2D eigenvalue weighted by Crippen LogP contribution is -2.11. The van der Waals surface area contributed by atoms with Gasteiger partial charge in [-0.15, -0.1) is 10.2 Å². The predicted octanol–water partition coefficient (Wildman–Crippen LogP) is 3.55. The molecule has 0 unspecified atom stereocenters. The largest absolute Gasteiger partial charge is 0.452 e. The molecule has 3 heterocycles. The number of esters is 1. The zero-order valence-electron chi connectivity index (χ0n) is 16.6. The molecule has 9 nitrogen and oxygen atoms in total. The van der Waals surface area contributed by atoms with Gasteiger partial charge in [-0.2, -0.15) is 5.10 Å². The molecule has 31 heavy (non-hydrogen) atoms. The summed E-state index contributed by atoms with van der Waals surface area (Å²) in [5.41, 5.74) is 1.86. The van der Waals surface area contributed by atoms with Crippen molar-refractivity contribution in [2.24, 2.45) is 0 Å². The molecule has 4 rings (SSSR count). The number of aryl methyl sites for hydroxylation is 1. The number of hydrogen-bond acceptors (Lipinski definition) is 8.